The zero-order chi connectivity index (χ0) is 33.4. The van der Waals surface area contributed by atoms with Crippen LogP contribution in [0.15, 0.2) is 43.0 Å². The van der Waals surface area contributed by atoms with Crippen molar-refractivity contribution in [3.63, 3.8) is 0 Å². The molecule has 1 aromatic rings. The summed E-state index contributed by atoms with van der Waals surface area (Å²) < 4.78 is 0. The molecular weight excluding hydrogens is 607 g/mol. The van der Waals surface area contributed by atoms with Crippen LogP contribution in [-0.2, 0) is 6.42 Å². The Labute approximate surface area is 304 Å². The number of allylic oxidation sites excluding steroid dienone is 1. The highest BCUT2D eigenvalue weighted by Gasteiger charge is 2.35. The molecule has 47 heavy (non-hydrogen) atoms. The van der Waals surface area contributed by atoms with Crippen molar-refractivity contribution in [1.82, 2.24) is 0 Å². The molecule has 2 heteroatoms. The molecule has 0 saturated heterocycles. The number of benzene rings is 1. The minimum atomic E-state index is -0.887. The van der Waals surface area contributed by atoms with Gasteiger partial charge in [-0.1, -0.05) is 180 Å². The zero-order valence-electron chi connectivity index (χ0n) is 32.6. The lowest BCUT2D eigenvalue weighted by molar-refractivity contribution is -0.0000102. The van der Waals surface area contributed by atoms with Crippen LogP contribution in [0.4, 0.5) is 0 Å². The maximum absolute atomic E-state index is 4.28. The second kappa shape index (κ2) is 34.1. The number of hydrogen-bond acceptors (Lipinski definition) is 0. The predicted octanol–water partition coefficient (Wildman–Crippen LogP) is 12.9. The fraction of sp³-hybridized carbons (Fsp3) is 0.822. The Bertz CT molecular complexity index is 736. The summed E-state index contributed by atoms with van der Waals surface area (Å²) in [7, 11) is -0.887. The van der Waals surface area contributed by atoms with Gasteiger partial charge in [-0.3, -0.25) is 0 Å². The zero-order valence-corrected chi connectivity index (χ0v) is 34.2. The Kier molecular flexibility index (Phi) is 33.9. The van der Waals surface area contributed by atoms with Crippen molar-refractivity contribution in [2.45, 2.75) is 201 Å². The van der Waals surface area contributed by atoms with Crippen LogP contribution in [0.1, 0.15) is 200 Å². The van der Waals surface area contributed by atoms with Gasteiger partial charge in [0.05, 0.1) is 24.6 Å². The van der Waals surface area contributed by atoms with E-state index in [9.17, 15) is 0 Å². The van der Waals surface area contributed by atoms with Crippen molar-refractivity contribution in [1.29, 1.82) is 0 Å². The minimum Gasteiger partial charge on any atom is -1.00 e. The molecule has 0 spiro atoms. The van der Waals surface area contributed by atoms with Crippen molar-refractivity contribution >= 4 is 7.26 Å². The van der Waals surface area contributed by atoms with Gasteiger partial charge in [0.15, 0.2) is 0 Å². The number of halogens is 1. The average molecular weight is 692 g/mol. The highest BCUT2D eigenvalue weighted by Crippen LogP contribution is 2.61. The predicted molar refractivity (Wildman–Crippen MR) is 216 cm³/mol. The minimum absolute atomic E-state index is 0. The van der Waals surface area contributed by atoms with Crippen molar-refractivity contribution in [2.75, 3.05) is 24.6 Å². The third-order valence-electron chi connectivity index (χ3n) is 11.0. The summed E-state index contributed by atoms with van der Waals surface area (Å²) >= 11 is 0. The van der Waals surface area contributed by atoms with E-state index in [2.05, 4.69) is 70.7 Å². The van der Waals surface area contributed by atoms with Gasteiger partial charge in [0, 0.05) is 7.26 Å². The average Bonchev–Trinajstić information content (AvgIpc) is 3.08. The van der Waals surface area contributed by atoms with Gasteiger partial charge in [-0.2, -0.15) is 0 Å². The molecular formula is C45H84ClP. The molecule has 1 unspecified atom stereocenters. The molecule has 0 aliphatic rings. The molecule has 0 saturated carbocycles. The van der Waals surface area contributed by atoms with Gasteiger partial charge in [0.1, 0.15) is 0 Å². The van der Waals surface area contributed by atoms with Crippen molar-refractivity contribution in [3.8, 4) is 0 Å². The van der Waals surface area contributed by atoms with E-state index in [4.69, 9.17) is 0 Å². The standard InChI is InChI=1S/C45H84P.ClH/c1-6-11-15-17-21-28-38-46(39-29-22-18-16-12-7-2,41-31-37-43(10-5)42-45-35-26-24-27-36-45)40-30-23-19-20-25-34-44(32-13-8-3)33-14-9-4;/h10,24,26-27,35-36,43-44H,5-9,11-23,25,28-34,37-42H2,1-4H3;1H/q+1;/p-1. The van der Waals surface area contributed by atoms with E-state index in [0.29, 0.717) is 5.92 Å². The van der Waals surface area contributed by atoms with Crippen LogP contribution in [0, 0.1) is 11.8 Å². The Morgan fingerprint density at radius 3 is 1.36 bits per heavy atom. The first-order chi connectivity index (χ1) is 22.6. The molecule has 0 amide bonds. The molecule has 0 aromatic heterocycles. The summed E-state index contributed by atoms with van der Waals surface area (Å²) in [5, 5.41) is 0. The van der Waals surface area contributed by atoms with Gasteiger partial charge in [-0.15, -0.1) is 6.58 Å². The lowest BCUT2D eigenvalue weighted by Crippen LogP contribution is -3.00. The first kappa shape index (κ1) is 46.7. The van der Waals surface area contributed by atoms with Gasteiger partial charge in [-0.25, -0.2) is 0 Å². The normalized spacial score (nSPS) is 12.4. The summed E-state index contributed by atoms with van der Waals surface area (Å²) in [6, 6.07) is 11.2. The maximum atomic E-state index is 4.28. The SMILES string of the molecule is C=CC(CCC[P+](CCCCCCCC)(CCCCCCCC)CCCCCCCC(CCCC)CCCC)Cc1ccccc1.[Cl-]. The molecule has 0 N–H and O–H groups in total. The molecule has 0 radical (unpaired) electrons. The topological polar surface area (TPSA) is 0 Å². The van der Waals surface area contributed by atoms with E-state index in [1.165, 1.54) is 179 Å². The van der Waals surface area contributed by atoms with Crippen LogP contribution in [0.5, 0.6) is 0 Å². The van der Waals surface area contributed by atoms with Crippen LogP contribution in [-0.4, -0.2) is 24.6 Å². The highest BCUT2D eigenvalue weighted by atomic mass is 35.5. The molecule has 0 nitrogen and oxygen atoms in total. The van der Waals surface area contributed by atoms with E-state index in [1.807, 2.05) is 0 Å². The van der Waals surface area contributed by atoms with Gasteiger partial charge < -0.3 is 12.4 Å². The van der Waals surface area contributed by atoms with E-state index in [0.717, 1.165) is 5.92 Å². The van der Waals surface area contributed by atoms with Gasteiger partial charge in [0.2, 0.25) is 0 Å². The number of hydrogen-bond donors (Lipinski definition) is 0. The second-order valence-corrected chi connectivity index (χ2v) is 19.8. The van der Waals surface area contributed by atoms with Gasteiger partial charge in [0.25, 0.3) is 0 Å². The monoisotopic (exact) mass is 691 g/mol. The van der Waals surface area contributed by atoms with E-state index >= 15 is 0 Å². The van der Waals surface area contributed by atoms with Crippen LogP contribution in [0.3, 0.4) is 0 Å². The van der Waals surface area contributed by atoms with Crippen LogP contribution in [0.25, 0.3) is 0 Å². The molecule has 0 fully saturated rings. The van der Waals surface area contributed by atoms with Gasteiger partial charge in [-0.05, 0) is 75.2 Å². The fourth-order valence-corrected chi connectivity index (χ4v) is 12.7. The van der Waals surface area contributed by atoms with Crippen molar-refractivity contribution in [3.05, 3.63) is 48.6 Å². The molecule has 276 valence electrons. The fourth-order valence-electron chi connectivity index (χ4n) is 7.86. The third kappa shape index (κ3) is 26.2. The van der Waals surface area contributed by atoms with Crippen molar-refractivity contribution in [2.24, 2.45) is 11.8 Å². The first-order valence-electron chi connectivity index (χ1n) is 21.1. The molecule has 0 bridgehead atoms. The lowest BCUT2D eigenvalue weighted by Gasteiger charge is -2.29. The molecule has 1 rings (SSSR count). The summed E-state index contributed by atoms with van der Waals surface area (Å²) in [6.07, 6.45) is 47.5. The Balaban J connectivity index is 0.0000212. The summed E-state index contributed by atoms with van der Waals surface area (Å²) in [4.78, 5) is 0. The molecule has 1 atom stereocenters. The Morgan fingerprint density at radius 1 is 0.489 bits per heavy atom. The Morgan fingerprint density at radius 2 is 0.894 bits per heavy atom. The lowest BCUT2D eigenvalue weighted by atomic mass is 9.90. The molecule has 0 aliphatic heterocycles. The van der Waals surface area contributed by atoms with Crippen LogP contribution in [0.2, 0.25) is 0 Å². The highest BCUT2D eigenvalue weighted by molar-refractivity contribution is 7.75. The molecule has 0 aliphatic carbocycles. The van der Waals surface area contributed by atoms with Crippen LogP contribution < -0.4 is 12.4 Å². The first-order valence-corrected chi connectivity index (χ1v) is 23.7. The van der Waals surface area contributed by atoms with E-state index in [1.54, 1.807) is 24.6 Å². The molecule has 1 aromatic carbocycles. The van der Waals surface area contributed by atoms with E-state index < -0.39 is 7.26 Å². The quantitative estimate of drug-likeness (QED) is 0.0378. The maximum Gasteiger partial charge on any atom is 0.0594 e. The largest absolute Gasteiger partial charge is 1.00 e. The summed E-state index contributed by atoms with van der Waals surface area (Å²) in [6.45, 7) is 13.7. The molecule has 0 heterocycles. The van der Waals surface area contributed by atoms with Gasteiger partial charge >= 0.3 is 0 Å². The Hall–Kier alpha value is -0.320. The summed E-state index contributed by atoms with van der Waals surface area (Å²) in [5.41, 5.74) is 1.48. The summed E-state index contributed by atoms with van der Waals surface area (Å²) in [5.74, 6) is 1.64. The second-order valence-electron chi connectivity index (χ2n) is 15.3. The number of rotatable bonds is 35. The van der Waals surface area contributed by atoms with Crippen LogP contribution >= 0.6 is 7.26 Å². The van der Waals surface area contributed by atoms with Crippen molar-refractivity contribution < 1.29 is 12.4 Å². The third-order valence-corrected chi connectivity index (χ3v) is 16.1. The smallest absolute Gasteiger partial charge is 0.0594 e. The van der Waals surface area contributed by atoms with E-state index in [-0.39, 0.29) is 12.4 Å². The number of unbranched alkanes of at least 4 members (excludes halogenated alkanes) is 16.